The van der Waals surface area contributed by atoms with Gasteiger partial charge in [0, 0.05) is 5.69 Å². The lowest BCUT2D eigenvalue weighted by Gasteiger charge is -2.22. The number of hydrogen-bond acceptors (Lipinski definition) is 3. The van der Waals surface area contributed by atoms with E-state index in [-0.39, 0.29) is 6.10 Å². The first kappa shape index (κ1) is 21.1. The van der Waals surface area contributed by atoms with Gasteiger partial charge in [0.05, 0.1) is 13.2 Å². The maximum absolute atomic E-state index is 6.34. The summed E-state index contributed by atoms with van der Waals surface area (Å²) in [7, 11) is 0. The summed E-state index contributed by atoms with van der Waals surface area (Å²) >= 11 is 0. The van der Waals surface area contributed by atoms with Crippen molar-refractivity contribution in [3.63, 3.8) is 0 Å². The number of anilines is 1. The molecule has 0 amide bonds. The highest BCUT2D eigenvalue weighted by Crippen LogP contribution is 2.29. The molecule has 2 atom stereocenters. The maximum atomic E-state index is 6.34. The Balaban J connectivity index is 1.90. The molecule has 2 aromatic rings. The van der Waals surface area contributed by atoms with Gasteiger partial charge in [-0.1, -0.05) is 52.3 Å². The van der Waals surface area contributed by atoms with Gasteiger partial charge in [-0.05, 0) is 61.1 Å². The lowest BCUT2D eigenvalue weighted by Crippen LogP contribution is -2.26. The molecule has 3 heteroatoms. The van der Waals surface area contributed by atoms with Crippen LogP contribution in [0.15, 0.2) is 48.5 Å². The second kappa shape index (κ2) is 11.5. The van der Waals surface area contributed by atoms with E-state index in [0.29, 0.717) is 5.92 Å². The fourth-order valence-corrected chi connectivity index (χ4v) is 2.90. The van der Waals surface area contributed by atoms with Crippen molar-refractivity contribution in [3.8, 4) is 11.5 Å². The summed E-state index contributed by atoms with van der Waals surface area (Å²) in [5, 5.41) is 3.49. The SMILES string of the molecule is CCCCOc1ccc(NC[C@@H](CC)Oc2ccccc2[C@H](C)CC)cc1. The largest absolute Gasteiger partial charge is 0.494 e. The van der Waals surface area contributed by atoms with E-state index in [2.05, 4.69) is 69.4 Å². The highest BCUT2D eigenvalue weighted by Gasteiger charge is 2.14. The summed E-state index contributed by atoms with van der Waals surface area (Å²) in [5.41, 5.74) is 2.39. The molecule has 2 rings (SSSR count). The Labute approximate surface area is 165 Å². The monoisotopic (exact) mass is 369 g/mol. The third kappa shape index (κ3) is 6.82. The lowest BCUT2D eigenvalue weighted by atomic mass is 9.98. The Kier molecular flexibility index (Phi) is 9.03. The van der Waals surface area contributed by atoms with E-state index in [1.54, 1.807) is 0 Å². The molecule has 0 fully saturated rings. The standard InChI is InChI=1S/C24H35NO2/c1-5-8-17-26-22-15-13-20(14-16-22)25-18-21(7-3)27-24-12-10-9-11-23(24)19(4)6-2/h9-16,19,21,25H,5-8,17-18H2,1-4H3/t19-,21-/m1/s1. The summed E-state index contributed by atoms with van der Waals surface area (Å²) in [6.07, 6.45) is 4.45. The van der Waals surface area contributed by atoms with Crippen LogP contribution in [0.2, 0.25) is 0 Å². The Morgan fingerprint density at radius 2 is 1.67 bits per heavy atom. The fourth-order valence-electron chi connectivity index (χ4n) is 2.90. The first-order valence-electron chi connectivity index (χ1n) is 10.4. The van der Waals surface area contributed by atoms with Crippen molar-refractivity contribution < 1.29 is 9.47 Å². The van der Waals surface area contributed by atoms with Gasteiger partial charge in [-0.25, -0.2) is 0 Å². The maximum Gasteiger partial charge on any atom is 0.123 e. The zero-order valence-electron chi connectivity index (χ0n) is 17.3. The smallest absolute Gasteiger partial charge is 0.123 e. The third-order valence-corrected chi connectivity index (χ3v) is 4.97. The molecule has 0 bridgehead atoms. The molecule has 0 unspecified atom stereocenters. The highest BCUT2D eigenvalue weighted by atomic mass is 16.5. The second-order valence-corrected chi connectivity index (χ2v) is 7.10. The predicted octanol–water partition coefficient (Wildman–Crippen LogP) is 6.65. The average Bonchev–Trinajstić information content (AvgIpc) is 2.72. The molecule has 3 nitrogen and oxygen atoms in total. The zero-order valence-corrected chi connectivity index (χ0v) is 17.3. The van der Waals surface area contributed by atoms with Gasteiger partial charge in [-0.3, -0.25) is 0 Å². The molecule has 0 aliphatic heterocycles. The van der Waals surface area contributed by atoms with Gasteiger partial charge in [0.15, 0.2) is 0 Å². The number of benzene rings is 2. The van der Waals surface area contributed by atoms with Gasteiger partial charge in [0.25, 0.3) is 0 Å². The van der Waals surface area contributed by atoms with Gasteiger partial charge in [-0.2, -0.15) is 0 Å². The number of unbranched alkanes of at least 4 members (excludes halogenated alkanes) is 1. The van der Waals surface area contributed by atoms with Crippen LogP contribution < -0.4 is 14.8 Å². The summed E-state index contributed by atoms with van der Waals surface area (Å²) in [6.45, 7) is 10.4. The number of rotatable bonds is 12. The van der Waals surface area contributed by atoms with Crippen LogP contribution in [0.1, 0.15) is 64.9 Å². The Hall–Kier alpha value is -2.16. The fraction of sp³-hybridized carbons (Fsp3) is 0.500. The summed E-state index contributed by atoms with van der Waals surface area (Å²) in [4.78, 5) is 0. The molecule has 2 aromatic carbocycles. The van der Waals surface area contributed by atoms with Gasteiger partial charge < -0.3 is 14.8 Å². The van der Waals surface area contributed by atoms with E-state index in [1.807, 2.05) is 12.1 Å². The Bertz CT molecular complexity index is 654. The van der Waals surface area contributed by atoms with Crippen LogP contribution >= 0.6 is 0 Å². The summed E-state index contributed by atoms with van der Waals surface area (Å²) < 4.78 is 12.1. The molecule has 27 heavy (non-hydrogen) atoms. The van der Waals surface area contributed by atoms with Crippen molar-refractivity contribution in [3.05, 3.63) is 54.1 Å². The first-order valence-corrected chi connectivity index (χ1v) is 10.4. The molecule has 0 saturated heterocycles. The van der Waals surface area contributed by atoms with Crippen molar-refractivity contribution in [2.24, 2.45) is 0 Å². The highest BCUT2D eigenvalue weighted by molar-refractivity contribution is 5.46. The van der Waals surface area contributed by atoms with Gasteiger partial charge in [0.2, 0.25) is 0 Å². The van der Waals surface area contributed by atoms with Gasteiger partial charge in [-0.15, -0.1) is 0 Å². The van der Waals surface area contributed by atoms with Crippen LogP contribution in [0, 0.1) is 0 Å². The van der Waals surface area contributed by atoms with Crippen LogP contribution in [-0.4, -0.2) is 19.3 Å². The molecule has 0 aliphatic carbocycles. The van der Waals surface area contributed by atoms with E-state index in [1.165, 1.54) is 5.56 Å². The molecule has 0 aromatic heterocycles. The van der Waals surface area contributed by atoms with Crippen LogP contribution in [0.4, 0.5) is 5.69 Å². The van der Waals surface area contributed by atoms with E-state index in [4.69, 9.17) is 9.47 Å². The lowest BCUT2D eigenvalue weighted by molar-refractivity contribution is 0.207. The average molecular weight is 370 g/mol. The normalized spacial score (nSPS) is 13.0. The molecule has 0 radical (unpaired) electrons. The number of hydrogen-bond donors (Lipinski definition) is 1. The quantitative estimate of drug-likeness (QED) is 0.425. The molecule has 1 N–H and O–H groups in total. The minimum atomic E-state index is 0.135. The Morgan fingerprint density at radius 3 is 2.33 bits per heavy atom. The Morgan fingerprint density at radius 1 is 0.926 bits per heavy atom. The van der Waals surface area contributed by atoms with Crippen molar-refractivity contribution >= 4 is 5.69 Å². The van der Waals surface area contributed by atoms with Crippen LogP contribution in [-0.2, 0) is 0 Å². The minimum Gasteiger partial charge on any atom is -0.494 e. The zero-order chi connectivity index (χ0) is 19.5. The predicted molar refractivity (Wildman–Crippen MR) is 115 cm³/mol. The van der Waals surface area contributed by atoms with Crippen molar-refractivity contribution in [1.29, 1.82) is 0 Å². The second-order valence-electron chi connectivity index (χ2n) is 7.10. The minimum absolute atomic E-state index is 0.135. The van der Waals surface area contributed by atoms with Crippen molar-refractivity contribution in [1.82, 2.24) is 0 Å². The molecule has 0 aliphatic rings. The molecule has 0 spiro atoms. The van der Waals surface area contributed by atoms with Crippen LogP contribution in [0.25, 0.3) is 0 Å². The van der Waals surface area contributed by atoms with E-state index < -0.39 is 0 Å². The van der Waals surface area contributed by atoms with E-state index >= 15 is 0 Å². The molecule has 0 heterocycles. The molecular weight excluding hydrogens is 334 g/mol. The van der Waals surface area contributed by atoms with E-state index in [0.717, 1.165) is 56.0 Å². The van der Waals surface area contributed by atoms with Gasteiger partial charge in [0.1, 0.15) is 17.6 Å². The molecule has 148 valence electrons. The number of ether oxygens (including phenoxy) is 2. The van der Waals surface area contributed by atoms with Crippen molar-refractivity contribution in [2.45, 2.75) is 65.4 Å². The molecule has 0 saturated carbocycles. The van der Waals surface area contributed by atoms with E-state index in [9.17, 15) is 0 Å². The van der Waals surface area contributed by atoms with Crippen molar-refractivity contribution in [2.75, 3.05) is 18.5 Å². The number of nitrogens with one attached hydrogen (secondary N) is 1. The molecular formula is C24H35NO2. The topological polar surface area (TPSA) is 30.5 Å². The number of para-hydroxylation sites is 1. The van der Waals surface area contributed by atoms with Crippen LogP contribution in [0.3, 0.4) is 0 Å². The third-order valence-electron chi connectivity index (χ3n) is 4.97. The first-order chi connectivity index (χ1) is 13.2. The van der Waals surface area contributed by atoms with Gasteiger partial charge >= 0.3 is 0 Å². The summed E-state index contributed by atoms with van der Waals surface area (Å²) in [6, 6.07) is 16.6. The summed E-state index contributed by atoms with van der Waals surface area (Å²) in [5.74, 6) is 2.45. The van der Waals surface area contributed by atoms with Crippen LogP contribution in [0.5, 0.6) is 11.5 Å².